The summed E-state index contributed by atoms with van der Waals surface area (Å²) in [6.45, 7) is 4.11. The van der Waals surface area contributed by atoms with Crippen molar-refractivity contribution in [2.24, 2.45) is 10.9 Å². The molecule has 7 nitrogen and oxygen atoms in total. The van der Waals surface area contributed by atoms with Gasteiger partial charge in [-0.3, -0.25) is 9.56 Å². The van der Waals surface area contributed by atoms with Gasteiger partial charge in [0.15, 0.2) is 5.96 Å². The number of hydrogen-bond acceptors (Lipinski definition) is 4. The van der Waals surface area contributed by atoms with Crippen LogP contribution in [0.2, 0.25) is 0 Å². The topological polar surface area (TPSA) is 67.6 Å². The predicted octanol–water partition coefficient (Wildman–Crippen LogP) is 2.88. The number of aliphatic imine (C=N–C) groups is 1. The van der Waals surface area contributed by atoms with Crippen LogP contribution < -0.4 is 5.32 Å². The Balaban J connectivity index is 1.25. The monoisotopic (exact) mass is 404 g/mol. The van der Waals surface area contributed by atoms with Crippen molar-refractivity contribution in [2.75, 3.05) is 26.7 Å². The summed E-state index contributed by atoms with van der Waals surface area (Å²) in [5.41, 5.74) is 2.37. The minimum atomic E-state index is 0.529. The SMILES string of the molecule is CN=C(NCc1ccnc(-n2ccnc2)c1)N1CCC(COCc2ccccc2)C1. The zero-order valence-corrected chi connectivity index (χ0v) is 17.3. The molecule has 0 bridgehead atoms. The van der Waals surface area contributed by atoms with Crippen molar-refractivity contribution in [3.63, 3.8) is 0 Å². The van der Waals surface area contributed by atoms with E-state index in [2.05, 4.69) is 43.4 Å². The van der Waals surface area contributed by atoms with E-state index in [1.165, 1.54) is 5.56 Å². The van der Waals surface area contributed by atoms with Crippen molar-refractivity contribution in [1.29, 1.82) is 0 Å². The molecular weight excluding hydrogens is 376 g/mol. The van der Waals surface area contributed by atoms with Crippen molar-refractivity contribution in [3.8, 4) is 5.82 Å². The van der Waals surface area contributed by atoms with Gasteiger partial charge in [-0.25, -0.2) is 9.97 Å². The Bertz CT molecular complexity index is 941. The van der Waals surface area contributed by atoms with Gasteiger partial charge >= 0.3 is 0 Å². The third kappa shape index (κ3) is 5.24. The summed E-state index contributed by atoms with van der Waals surface area (Å²) in [7, 11) is 1.84. The summed E-state index contributed by atoms with van der Waals surface area (Å²) in [6, 6.07) is 14.4. The van der Waals surface area contributed by atoms with Gasteiger partial charge in [0, 0.05) is 51.2 Å². The zero-order valence-electron chi connectivity index (χ0n) is 17.3. The molecular formula is C23H28N6O. The molecule has 156 valence electrons. The molecule has 1 aliphatic heterocycles. The highest BCUT2D eigenvalue weighted by Gasteiger charge is 2.25. The molecule has 7 heteroatoms. The van der Waals surface area contributed by atoms with E-state index in [1.54, 1.807) is 12.5 Å². The van der Waals surface area contributed by atoms with E-state index in [1.807, 2.05) is 48.3 Å². The molecule has 1 aliphatic rings. The summed E-state index contributed by atoms with van der Waals surface area (Å²) in [5, 5.41) is 3.49. The summed E-state index contributed by atoms with van der Waals surface area (Å²) >= 11 is 0. The van der Waals surface area contributed by atoms with Gasteiger partial charge in [0.05, 0.1) is 13.2 Å². The number of aromatic nitrogens is 3. The number of nitrogens with one attached hydrogen (secondary N) is 1. The van der Waals surface area contributed by atoms with Crippen LogP contribution in [0.5, 0.6) is 0 Å². The molecule has 0 amide bonds. The largest absolute Gasteiger partial charge is 0.376 e. The number of benzene rings is 1. The average Bonchev–Trinajstić information content (AvgIpc) is 3.48. The molecule has 1 saturated heterocycles. The Kier molecular flexibility index (Phi) is 6.72. The lowest BCUT2D eigenvalue weighted by atomic mass is 10.1. The molecule has 3 heterocycles. The van der Waals surface area contributed by atoms with Gasteiger partial charge in [0.1, 0.15) is 12.1 Å². The second kappa shape index (κ2) is 10.0. The van der Waals surface area contributed by atoms with Crippen LogP contribution in [0.3, 0.4) is 0 Å². The molecule has 3 aromatic rings. The van der Waals surface area contributed by atoms with Crippen molar-refractivity contribution in [3.05, 3.63) is 78.5 Å². The molecule has 1 N–H and O–H groups in total. The number of guanidine groups is 1. The van der Waals surface area contributed by atoms with Gasteiger partial charge in [-0.15, -0.1) is 0 Å². The first kappa shape index (κ1) is 20.1. The minimum Gasteiger partial charge on any atom is -0.376 e. The van der Waals surface area contributed by atoms with Crippen molar-refractivity contribution >= 4 is 5.96 Å². The van der Waals surface area contributed by atoms with Crippen molar-refractivity contribution in [1.82, 2.24) is 24.8 Å². The van der Waals surface area contributed by atoms with Crippen LogP contribution in [-0.4, -0.2) is 52.1 Å². The number of likely N-dealkylation sites (tertiary alicyclic amines) is 1. The number of ether oxygens (including phenoxy) is 1. The Labute approximate surface area is 177 Å². The van der Waals surface area contributed by atoms with Crippen LogP contribution in [0, 0.1) is 5.92 Å². The molecule has 4 rings (SSSR count). The highest BCUT2D eigenvalue weighted by molar-refractivity contribution is 5.80. The highest BCUT2D eigenvalue weighted by Crippen LogP contribution is 2.17. The molecule has 0 spiro atoms. The Morgan fingerprint density at radius 1 is 1.20 bits per heavy atom. The van der Waals surface area contributed by atoms with Crippen LogP contribution in [0.15, 0.2) is 72.4 Å². The molecule has 1 aromatic carbocycles. The van der Waals surface area contributed by atoms with E-state index in [-0.39, 0.29) is 0 Å². The predicted molar refractivity (Wildman–Crippen MR) is 117 cm³/mol. The number of pyridine rings is 1. The summed E-state index contributed by atoms with van der Waals surface area (Å²) in [6.07, 6.45) is 8.34. The maximum absolute atomic E-state index is 5.94. The van der Waals surface area contributed by atoms with E-state index in [0.29, 0.717) is 19.1 Å². The Hall–Kier alpha value is -3.19. The number of imidazole rings is 1. The molecule has 1 unspecified atom stereocenters. The van der Waals surface area contributed by atoms with Crippen LogP contribution >= 0.6 is 0 Å². The Morgan fingerprint density at radius 3 is 2.90 bits per heavy atom. The fraction of sp³-hybridized carbons (Fsp3) is 0.348. The van der Waals surface area contributed by atoms with Gasteiger partial charge in [-0.05, 0) is 29.7 Å². The highest BCUT2D eigenvalue weighted by atomic mass is 16.5. The lowest BCUT2D eigenvalue weighted by Gasteiger charge is -2.22. The van der Waals surface area contributed by atoms with Crippen molar-refractivity contribution < 1.29 is 4.74 Å². The van der Waals surface area contributed by atoms with E-state index in [9.17, 15) is 0 Å². The third-order valence-corrected chi connectivity index (χ3v) is 5.29. The molecule has 1 fully saturated rings. The molecule has 0 aliphatic carbocycles. The normalized spacial score (nSPS) is 16.8. The number of hydrogen-bond donors (Lipinski definition) is 1. The lowest BCUT2D eigenvalue weighted by molar-refractivity contribution is 0.0906. The summed E-state index contributed by atoms with van der Waals surface area (Å²) in [5.74, 6) is 2.32. The fourth-order valence-electron chi connectivity index (χ4n) is 3.70. The average molecular weight is 405 g/mol. The van der Waals surface area contributed by atoms with Gasteiger partial charge in [-0.2, -0.15) is 0 Å². The maximum Gasteiger partial charge on any atom is 0.193 e. The first-order valence-corrected chi connectivity index (χ1v) is 10.3. The molecule has 30 heavy (non-hydrogen) atoms. The third-order valence-electron chi connectivity index (χ3n) is 5.29. The molecule has 0 radical (unpaired) electrons. The fourth-order valence-corrected chi connectivity index (χ4v) is 3.70. The molecule has 0 saturated carbocycles. The number of nitrogens with zero attached hydrogens (tertiary/aromatic N) is 5. The van der Waals surface area contributed by atoms with Gasteiger partial charge < -0.3 is 15.0 Å². The van der Waals surface area contributed by atoms with Crippen LogP contribution in [0.4, 0.5) is 0 Å². The quantitative estimate of drug-likeness (QED) is 0.484. The van der Waals surface area contributed by atoms with Crippen LogP contribution in [0.25, 0.3) is 5.82 Å². The summed E-state index contributed by atoms with van der Waals surface area (Å²) < 4.78 is 7.84. The van der Waals surface area contributed by atoms with E-state index in [0.717, 1.165) is 43.5 Å². The van der Waals surface area contributed by atoms with Crippen molar-refractivity contribution in [2.45, 2.75) is 19.6 Å². The van der Waals surface area contributed by atoms with Crippen LogP contribution in [0.1, 0.15) is 17.5 Å². The first-order chi connectivity index (χ1) is 14.8. The lowest BCUT2D eigenvalue weighted by Crippen LogP contribution is -2.39. The molecule has 1 atom stereocenters. The smallest absolute Gasteiger partial charge is 0.193 e. The first-order valence-electron chi connectivity index (χ1n) is 10.3. The van der Waals surface area contributed by atoms with E-state index >= 15 is 0 Å². The molecule has 2 aromatic heterocycles. The van der Waals surface area contributed by atoms with Gasteiger partial charge in [0.2, 0.25) is 0 Å². The minimum absolute atomic E-state index is 0.529. The van der Waals surface area contributed by atoms with Gasteiger partial charge in [0.25, 0.3) is 0 Å². The standard InChI is InChI=1S/C23H28N6O/c1-24-23(27-14-20-7-9-26-22(13-20)29-12-10-25-18-29)28-11-8-21(15-28)17-30-16-19-5-3-2-4-6-19/h2-7,9-10,12-13,18,21H,8,11,14-17H2,1H3,(H,24,27). The van der Waals surface area contributed by atoms with Crippen LogP contribution in [-0.2, 0) is 17.9 Å². The Morgan fingerprint density at radius 2 is 2.10 bits per heavy atom. The maximum atomic E-state index is 5.94. The van der Waals surface area contributed by atoms with E-state index < -0.39 is 0 Å². The zero-order chi connectivity index (χ0) is 20.6. The van der Waals surface area contributed by atoms with E-state index in [4.69, 9.17) is 4.74 Å². The second-order valence-corrected chi connectivity index (χ2v) is 7.49. The van der Waals surface area contributed by atoms with Gasteiger partial charge in [-0.1, -0.05) is 30.3 Å². The number of rotatable bonds is 7. The second-order valence-electron chi connectivity index (χ2n) is 7.49. The summed E-state index contributed by atoms with van der Waals surface area (Å²) in [4.78, 5) is 15.3.